The summed E-state index contributed by atoms with van der Waals surface area (Å²) in [5.41, 5.74) is 2.43. The summed E-state index contributed by atoms with van der Waals surface area (Å²) >= 11 is 1.83. The van der Waals surface area contributed by atoms with E-state index in [2.05, 4.69) is 15.2 Å². The molecule has 0 aromatic carbocycles. The first kappa shape index (κ1) is 12.1. The molecule has 6 heteroatoms. The summed E-state index contributed by atoms with van der Waals surface area (Å²) in [4.78, 5) is 7.27. The SMILES string of the molecule is c1nc2sc3c(c2c2nnc([C@@H]4CCCO4)n12)CCCC3. The lowest BCUT2D eigenvalue weighted by Gasteiger charge is -2.10. The van der Waals surface area contributed by atoms with Gasteiger partial charge in [-0.25, -0.2) is 4.98 Å². The van der Waals surface area contributed by atoms with Crippen molar-refractivity contribution in [2.45, 2.75) is 44.6 Å². The molecule has 1 aliphatic heterocycles. The lowest BCUT2D eigenvalue weighted by molar-refractivity contribution is 0.104. The fourth-order valence-electron chi connectivity index (χ4n) is 3.57. The highest BCUT2D eigenvalue weighted by atomic mass is 32.1. The molecule has 1 fully saturated rings. The van der Waals surface area contributed by atoms with Gasteiger partial charge in [0.05, 0.1) is 5.39 Å². The third-order valence-electron chi connectivity index (χ3n) is 4.61. The molecule has 2 aliphatic rings. The molecule has 5 nitrogen and oxygen atoms in total. The molecule has 0 spiro atoms. The molecule has 108 valence electrons. The molecule has 0 amide bonds. The van der Waals surface area contributed by atoms with Crippen molar-refractivity contribution in [1.82, 2.24) is 19.6 Å². The van der Waals surface area contributed by atoms with Gasteiger partial charge in [-0.05, 0) is 44.1 Å². The molecule has 5 rings (SSSR count). The molecular weight excluding hydrogens is 284 g/mol. The van der Waals surface area contributed by atoms with Crippen molar-refractivity contribution in [2.75, 3.05) is 6.61 Å². The zero-order chi connectivity index (χ0) is 13.8. The van der Waals surface area contributed by atoms with E-state index in [1.807, 2.05) is 22.1 Å². The van der Waals surface area contributed by atoms with Gasteiger partial charge < -0.3 is 4.74 Å². The number of fused-ring (bicyclic) bond motifs is 5. The van der Waals surface area contributed by atoms with Crippen molar-refractivity contribution in [3.8, 4) is 0 Å². The van der Waals surface area contributed by atoms with Crippen LogP contribution in [0.15, 0.2) is 6.33 Å². The van der Waals surface area contributed by atoms with E-state index in [0.29, 0.717) is 0 Å². The number of aromatic nitrogens is 4. The Balaban J connectivity index is 1.78. The van der Waals surface area contributed by atoms with E-state index in [0.717, 1.165) is 42.2 Å². The summed E-state index contributed by atoms with van der Waals surface area (Å²) in [6, 6.07) is 0. The molecule has 1 saturated heterocycles. The number of rotatable bonds is 1. The predicted molar refractivity (Wildman–Crippen MR) is 80.7 cm³/mol. The van der Waals surface area contributed by atoms with Gasteiger partial charge in [0, 0.05) is 11.5 Å². The molecule has 0 N–H and O–H groups in total. The van der Waals surface area contributed by atoms with E-state index in [-0.39, 0.29) is 6.10 Å². The maximum atomic E-state index is 5.76. The first-order valence-corrected chi connectivity index (χ1v) is 8.49. The molecular formula is C15H16N4OS. The molecule has 0 radical (unpaired) electrons. The lowest BCUT2D eigenvalue weighted by atomic mass is 9.97. The topological polar surface area (TPSA) is 52.3 Å². The van der Waals surface area contributed by atoms with E-state index in [9.17, 15) is 0 Å². The van der Waals surface area contributed by atoms with Crippen LogP contribution in [0.2, 0.25) is 0 Å². The first-order chi connectivity index (χ1) is 10.4. The van der Waals surface area contributed by atoms with Crippen LogP contribution in [-0.4, -0.2) is 26.2 Å². The number of thiophene rings is 1. The summed E-state index contributed by atoms with van der Waals surface area (Å²) in [5, 5.41) is 10.1. The van der Waals surface area contributed by atoms with Gasteiger partial charge in [0.2, 0.25) is 0 Å². The first-order valence-electron chi connectivity index (χ1n) is 7.67. The van der Waals surface area contributed by atoms with Crippen LogP contribution in [0.1, 0.15) is 48.1 Å². The van der Waals surface area contributed by atoms with Gasteiger partial charge in [-0.3, -0.25) is 4.40 Å². The van der Waals surface area contributed by atoms with Crippen molar-refractivity contribution in [2.24, 2.45) is 0 Å². The minimum Gasteiger partial charge on any atom is -0.370 e. The molecule has 1 aliphatic carbocycles. The second kappa shape index (κ2) is 4.48. The number of hydrogen-bond donors (Lipinski definition) is 0. The molecule has 0 bridgehead atoms. The van der Waals surface area contributed by atoms with Crippen LogP contribution in [-0.2, 0) is 17.6 Å². The molecule has 0 saturated carbocycles. The Bertz CT molecular complexity index is 831. The van der Waals surface area contributed by atoms with Gasteiger partial charge in [-0.2, -0.15) is 0 Å². The normalized spacial score (nSPS) is 22.2. The highest BCUT2D eigenvalue weighted by Gasteiger charge is 2.26. The second-order valence-electron chi connectivity index (χ2n) is 5.89. The predicted octanol–water partition coefficient (Wildman–Crippen LogP) is 3.07. The van der Waals surface area contributed by atoms with Crippen molar-refractivity contribution in [3.05, 3.63) is 22.6 Å². The third-order valence-corrected chi connectivity index (χ3v) is 5.81. The summed E-state index contributed by atoms with van der Waals surface area (Å²) < 4.78 is 7.80. The molecule has 3 aromatic rings. The van der Waals surface area contributed by atoms with Crippen LogP contribution < -0.4 is 0 Å². The number of nitrogens with zero attached hydrogens (tertiary/aromatic N) is 4. The van der Waals surface area contributed by atoms with Crippen LogP contribution in [0.4, 0.5) is 0 Å². The van der Waals surface area contributed by atoms with Crippen LogP contribution in [0.5, 0.6) is 0 Å². The summed E-state index contributed by atoms with van der Waals surface area (Å²) in [7, 11) is 0. The Morgan fingerprint density at radius 2 is 2.14 bits per heavy atom. The fourth-order valence-corrected chi connectivity index (χ4v) is 4.80. The standard InChI is InChI=1S/C15H16N4OS/c1-2-6-11-9(4-1)12-14-18-17-13(10-5-3-7-20-10)19(14)8-16-15(12)21-11/h8,10H,1-7H2/t10-/m0/s1. The smallest absolute Gasteiger partial charge is 0.172 e. The molecule has 3 aromatic heterocycles. The van der Waals surface area contributed by atoms with Crippen LogP contribution in [0, 0.1) is 0 Å². The van der Waals surface area contributed by atoms with Gasteiger partial charge in [-0.1, -0.05) is 0 Å². The number of hydrogen-bond acceptors (Lipinski definition) is 5. The Hall–Kier alpha value is -1.53. The van der Waals surface area contributed by atoms with Gasteiger partial charge in [0.25, 0.3) is 0 Å². The van der Waals surface area contributed by atoms with E-state index < -0.39 is 0 Å². The Labute approximate surface area is 126 Å². The highest BCUT2D eigenvalue weighted by Crippen LogP contribution is 2.37. The van der Waals surface area contributed by atoms with Gasteiger partial charge >= 0.3 is 0 Å². The maximum absolute atomic E-state index is 5.76. The summed E-state index contributed by atoms with van der Waals surface area (Å²) in [5.74, 6) is 0.910. The molecule has 0 unspecified atom stereocenters. The van der Waals surface area contributed by atoms with Crippen LogP contribution >= 0.6 is 11.3 Å². The monoisotopic (exact) mass is 300 g/mol. The Morgan fingerprint density at radius 1 is 1.19 bits per heavy atom. The van der Waals surface area contributed by atoms with E-state index in [4.69, 9.17) is 4.74 Å². The maximum Gasteiger partial charge on any atom is 0.172 e. The molecule has 1 atom stereocenters. The third kappa shape index (κ3) is 1.69. The van der Waals surface area contributed by atoms with Crippen molar-refractivity contribution in [3.63, 3.8) is 0 Å². The minimum atomic E-state index is 0.0775. The largest absolute Gasteiger partial charge is 0.370 e. The quantitative estimate of drug-likeness (QED) is 0.693. The van der Waals surface area contributed by atoms with Crippen LogP contribution in [0.3, 0.4) is 0 Å². The average molecular weight is 300 g/mol. The lowest BCUT2D eigenvalue weighted by Crippen LogP contribution is -2.03. The highest BCUT2D eigenvalue weighted by molar-refractivity contribution is 7.19. The zero-order valence-corrected chi connectivity index (χ0v) is 12.5. The van der Waals surface area contributed by atoms with E-state index >= 15 is 0 Å². The van der Waals surface area contributed by atoms with Gasteiger partial charge in [-0.15, -0.1) is 21.5 Å². The number of aryl methyl sites for hydroxylation is 2. The Kier molecular flexibility index (Phi) is 2.57. The van der Waals surface area contributed by atoms with Gasteiger partial charge in [0.1, 0.15) is 17.3 Å². The van der Waals surface area contributed by atoms with E-state index in [1.165, 1.54) is 35.1 Å². The number of ether oxygens (including phenoxy) is 1. The molecule has 21 heavy (non-hydrogen) atoms. The summed E-state index contributed by atoms with van der Waals surface area (Å²) in [6.45, 7) is 0.823. The van der Waals surface area contributed by atoms with Crippen molar-refractivity contribution < 1.29 is 4.74 Å². The minimum absolute atomic E-state index is 0.0775. The van der Waals surface area contributed by atoms with Gasteiger partial charge in [0.15, 0.2) is 11.5 Å². The zero-order valence-electron chi connectivity index (χ0n) is 11.7. The van der Waals surface area contributed by atoms with Crippen LogP contribution in [0.25, 0.3) is 15.9 Å². The summed E-state index contributed by atoms with van der Waals surface area (Å²) in [6.07, 6.45) is 8.99. The average Bonchev–Trinajstić information content (AvgIpc) is 3.23. The Morgan fingerprint density at radius 3 is 3.05 bits per heavy atom. The molecule has 4 heterocycles. The fraction of sp³-hybridized carbons (Fsp3) is 0.533. The van der Waals surface area contributed by atoms with Crippen molar-refractivity contribution >= 4 is 27.2 Å². The second-order valence-corrected chi connectivity index (χ2v) is 6.97. The van der Waals surface area contributed by atoms with E-state index in [1.54, 1.807) is 0 Å². The van der Waals surface area contributed by atoms with Crippen molar-refractivity contribution in [1.29, 1.82) is 0 Å².